The first-order chi connectivity index (χ1) is 13.5. The molecule has 150 valence electrons. The molecule has 3 rings (SSSR count). The number of anilines is 2. The van der Waals surface area contributed by atoms with Gasteiger partial charge in [0, 0.05) is 10.9 Å². The molecule has 0 spiro atoms. The van der Waals surface area contributed by atoms with Crippen molar-refractivity contribution in [2.45, 2.75) is 45.4 Å². The second-order valence-electron chi connectivity index (χ2n) is 6.55. The van der Waals surface area contributed by atoms with Crippen LogP contribution in [0.15, 0.2) is 18.2 Å². The minimum absolute atomic E-state index is 0.0616. The molecule has 8 heteroatoms. The molecule has 0 aliphatic heterocycles. The highest BCUT2D eigenvalue weighted by atomic mass is 32.1. The van der Waals surface area contributed by atoms with E-state index in [9.17, 15) is 13.6 Å². The number of hydrogen-bond donors (Lipinski definition) is 2. The number of thiophene rings is 1. The molecule has 0 amide bonds. The van der Waals surface area contributed by atoms with Gasteiger partial charge in [-0.25, -0.2) is 13.6 Å². The van der Waals surface area contributed by atoms with Crippen LogP contribution in [0.5, 0.6) is 0 Å². The number of nitrogens with one attached hydrogen (secondary N) is 2. The molecule has 0 atom stereocenters. The quantitative estimate of drug-likeness (QED) is 0.489. The van der Waals surface area contributed by atoms with Crippen LogP contribution in [0.1, 0.15) is 53.4 Å². The summed E-state index contributed by atoms with van der Waals surface area (Å²) in [5.74, 6) is -1.78. The Hall–Kier alpha value is -2.06. The average Bonchev–Trinajstić information content (AvgIpc) is 2.94. The number of halogens is 2. The van der Waals surface area contributed by atoms with E-state index >= 15 is 0 Å². The van der Waals surface area contributed by atoms with E-state index in [4.69, 9.17) is 17.0 Å². The monoisotopic (exact) mass is 424 g/mol. The molecule has 0 bridgehead atoms. The van der Waals surface area contributed by atoms with Crippen LogP contribution >= 0.6 is 23.6 Å². The van der Waals surface area contributed by atoms with E-state index in [0.29, 0.717) is 10.6 Å². The van der Waals surface area contributed by atoms with Gasteiger partial charge in [-0.05, 0) is 62.5 Å². The van der Waals surface area contributed by atoms with Gasteiger partial charge in [-0.3, -0.25) is 0 Å². The van der Waals surface area contributed by atoms with Crippen LogP contribution in [0.25, 0.3) is 0 Å². The van der Waals surface area contributed by atoms with Crippen LogP contribution in [0.3, 0.4) is 0 Å². The molecule has 1 aliphatic rings. The Labute approximate surface area is 172 Å². The SMILES string of the molecule is CCOC(=O)c1c(NC(=S)Nc2ccc(F)cc2F)sc2c1CCCCCC2. The number of thiocarbonyl (C=S) groups is 1. The Morgan fingerprint density at radius 3 is 2.64 bits per heavy atom. The van der Waals surface area contributed by atoms with Crippen LogP contribution in [0, 0.1) is 11.6 Å². The Balaban J connectivity index is 1.86. The lowest BCUT2D eigenvalue weighted by molar-refractivity contribution is 0.0526. The van der Waals surface area contributed by atoms with E-state index in [2.05, 4.69) is 10.6 Å². The third kappa shape index (κ3) is 4.86. The minimum Gasteiger partial charge on any atom is -0.462 e. The summed E-state index contributed by atoms with van der Waals surface area (Å²) < 4.78 is 32.2. The number of ether oxygens (including phenoxy) is 1. The smallest absolute Gasteiger partial charge is 0.341 e. The number of rotatable bonds is 4. The predicted molar refractivity (Wildman–Crippen MR) is 112 cm³/mol. The fourth-order valence-electron chi connectivity index (χ4n) is 3.27. The summed E-state index contributed by atoms with van der Waals surface area (Å²) in [5.41, 5.74) is 1.61. The van der Waals surface area contributed by atoms with Gasteiger partial charge >= 0.3 is 5.97 Å². The molecule has 1 aliphatic carbocycles. The largest absolute Gasteiger partial charge is 0.462 e. The van der Waals surface area contributed by atoms with Crippen molar-refractivity contribution in [1.29, 1.82) is 0 Å². The first kappa shape index (κ1) is 20.7. The summed E-state index contributed by atoms with van der Waals surface area (Å²) in [7, 11) is 0. The van der Waals surface area contributed by atoms with Crippen molar-refractivity contribution in [3.8, 4) is 0 Å². The van der Waals surface area contributed by atoms with Crippen LogP contribution in [0.4, 0.5) is 19.5 Å². The molecule has 0 unspecified atom stereocenters. The zero-order valence-electron chi connectivity index (χ0n) is 15.6. The van der Waals surface area contributed by atoms with Crippen LogP contribution in [-0.4, -0.2) is 17.7 Å². The van der Waals surface area contributed by atoms with Crippen molar-refractivity contribution in [2.75, 3.05) is 17.2 Å². The fraction of sp³-hybridized carbons (Fsp3) is 0.400. The Kier molecular flexibility index (Phi) is 6.96. The van der Waals surface area contributed by atoms with Crippen LogP contribution in [0.2, 0.25) is 0 Å². The van der Waals surface area contributed by atoms with Crippen molar-refractivity contribution in [3.05, 3.63) is 45.8 Å². The normalized spacial score (nSPS) is 13.8. The van der Waals surface area contributed by atoms with Gasteiger partial charge in [0.15, 0.2) is 5.11 Å². The highest BCUT2D eigenvalue weighted by molar-refractivity contribution is 7.80. The number of carbonyl (C=O) groups is 1. The fourth-order valence-corrected chi connectivity index (χ4v) is 4.83. The molecule has 0 saturated heterocycles. The van der Waals surface area contributed by atoms with Gasteiger partial charge in [0.25, 0.3) is 0 Å². The third-order valence-corrected chi connectivity index (χ3v) is 5.97. The van der Waals surface area contributed by atoms with Gasteiger partial charge in [0.05, 0.1) is 17.9 Å². The molecule has 0 fully saturated rings. The predicted octanol–water partition coefficient (Wildman–Crippen LogP) is 5.67. The van der Waals surface area contributed by atoms with Gasteiger partial charge in [-0.15, -0.1) is 11.3 Å². The van der Waals surface area contributed by atoms with Crippen LogP contribution in [-0.2, 0) is 17.6 Å². The summed E-state index contributed by atoms with van der Waals surface area (Å²) in [6.45, 7) is 2.05. The minimum atomic E-state index is -0.742. The number of fused-ring (bicyclic) bond motifs is 1. The number of carbonyl (C=O) groups excluding carboxylic acids is 1. The van der Waals surface area contributed by atoms with Gasteiger partial charge in [-0.1, -0.05) is 12.8 Å². The number of hydrogen-bond acceptors (Lipinski definition) is 4. The zero-order valence-corrected chi connectivity index (χ0v) is 17.2. The first-order valence-corrected chi connectivity index (χ1v) is 10.6. The van der Waals surface area contributed by atoms with E-state index in [1.165, 1.54) is 28.7 Å². The van der Waals surface area contributed by atoms with Crippen molar-refractivity contribution in [1.82, 2.24) is 0 Å². The van der Waals surface area contributed by atoms with Gasteiger partial charge in [-0.2, -0.15) is 0 Å². The van der Waals surface area contributed by atoms with Gasteiger partial charge in [0.2, 0.25) is 0 Å². The maximum atomic E-state index is 13.9. The summed E-state index contributed by atoms with van der Waals surface area (Å²) in [4.78, 5) is 13.8. The maximum Gasteiger partial charge on any atom is 0.341 e. The molecule has 1 heterocycles. The summed E-state index contributed by atoms with van der Waals surface area (Å²) in [6, 6.07) is 3.21. The molecule has 1 aromatic carbocycles. The topological polar surface area (TPSA) is 50.4 Å². The van der Waals surface area contributed by atoms with Gasteiger partial charge < -0.3 is 15.4 Å². The molecular weight excluding hydrogens is 402 g/mol. The second kappa shape index (κ2) is 9.43. The number of esters is 1. The Bertz CT molecular complexity index is 883. The summed E-state index contributed by atoms with van der Waals surface area (Å²) in [5, 5.41) is 6.47. The second-order valence-corrected chi connectivity index (χ2v) is 8.06. The van der Waals surface area contributed by atoms with E-state index in [-0.39, 0.29) is 23.4 Å². The molecule has 0 saturated carbocycles. The van der Waals surface area contributed by atoms with E-state index in [1.807, 2.05) is 0 Å². The molecule has 28 heavy (non-hydrogen) atoms. The highest BCUT2D eigenvalue weighted by Crippen LogP contribution is 2.37. The Morgan fingerprint density at radius 1 is 1.18 bits per heavy atom. The highest BCUT2D eigenvalue weighted by Gasteiger charge is 2.25. The summed E-state index contributed by atoms with van der Waals surface area (Å²) in [6.07, 6.45) is 6.18. The molecule has 4 nitrogen and oxygen atoms in total. The zero-order chi connectivity index (χ0) is 20.1. The van der Waals surface area contributed by atoms with Crippen molar-refractivity contribution < 1.29 is 18.3 Å². The van der Waals surface area contributed by atoms with Crippen molar-refractivity contribution >= 4 is 45.3 Å². The molecule has 2 N–H and O–H groups in total. The lowest BCUT2D eigenvalue weighted by atomic mass is 9.96. The van der Waals surface area contributed by atoms with E-state index in [0.717, 1.165) is 49.8 Å². The standard InChI is InChI=1S/C20H22F2N2O2S2/c1-2-26-19(25)17-13-7-5-3-4-6-8-16(13)28-18(17)24-20(27)23-15-10-9-12(21)11-14(15)22/h9-11H,2-8H2,1H3,(H2,23,24,27). The number of aryl methyl sites for hydroxylation is 1. The average molecular weight is 425 g/mol. The maximum absolute atomic E-state index is 13.9. The van der Waals surface area contributed by atoms with Gasteiger partial charge in [0.1, 0.15) is 16.6 Å². The lowest BCUT2D eigenvalue weighted by Gasteiger charge is -2.13. The lowest BCUT2D eigenvalue weighted by Crippen LogP contribution is -2.21. The molecule has 2 aromatic rings. The Morgan fingerprint density at radius 2 is 1.93 bits per heavy atom. The van der Waals surface area contributed by atoms with Crippen LogP contribution < -0.4 is 10.6 Å². The number of benzene rings is 1. The van der Waals surface area contributed by atoms with Crippen molar-refractivity contribution in [2.24, 2.45) is 0 Å². The molecular formula is C20H22F2N2O2S2. The molecule has 1 aromatic heterocycles. The van der Waals surface area contributed by atoms with E-state index < -0.39 is 11.6 Å². The molecule has 0 radical (unpaired) electrons. The van der Waals surface area contributed by atoms with E-state index in [1.54, 1.807) is 6.92 Å². The summed E-state index contributed by atoms with van der Waals surface area (Å²) >= 11 is 6.78. The van der Waals surface area contributed by atoms with Crippen molar-refractivity contribution in [3.63, 3.8) is 0 Å². The third-order valence-electron chi connectivity index (χ3n) is 4.56. The first-order valence-electron chi connectivity index (χ1n) is 9.34.